The van der Waals surface area contributed by atoms with Gasteiger partial charge in [-0.3, -0.25) is 4.79 Å². The average molecular weight is 237 g/mol. The standard InChI is InChI=1S/C12H15NO4/c1-16-9-2-3-11(14)10(8-9)12(15)13-4-6-17-7-5-13/h2-3,8,14H,4-7H2,1H3. The topological polar surface area (TPSA) is 59.0 Å². The van der Waals surface area contributed by atoms with Gasteiger partial charge in [0, 0.05) is 13.1 Å². The molecule has 0 saturated carbocycles. The van der Waals surface area contributed by atoms with E-state index in [1.165, 1.54) is 13.2 Å². The number of nitrogens with zero attached hydrogens (tertiary/aromatic N) is 1. The molecule has 5 nitrogen and oxygen atoms in total. The highest BCUT2D eigenvalue weighted by Crippen LogP contribution is 2.24. The number of hydrogen-bond acceptors (Lipinski definition) is 4. The number of rotatable bonds is 2. The molecule has 17 heavy (non-hydrogen) atoms. The van der Waals surface area contributed by atoms with E-state index in [0.717, 1.165) is 0 Å². The highest BCUT2D eigenvalue weighted by molar-refractivity contribution is 5.97. The Morgan fingerprint density at radius 1 is 1.41 bits per heavy atom. The monoisotopic (exact) mass is 237 g/mol. The fraction of sp³-hybridized carbons (Fsp3) is 0.417. The molecule has 1 amide bonds. The first kappa shape index (κ1) is 11.7. The van der Waals surface area contributed by atoms with E-state index in [2.05, 4.69) is 0 Å². The first-order chi connectivity index (χ1) is 8.22. The molecule has 0 aliphatic carbocycles. The van der Waals surface area contributed by atoms with Gasteiger partial charge in [0.25, 0.3) is 5.91 Å². The molecule has 1 aromatic rings. The van der Waals surface area contributed by atoms with E-state index in [4.69, 9.17) is 9.47 Å². The number of amides is 1. The number of carbonyl (C=O) groups is 1. The van der Waals surface area contributed by atoms with Gasteiger partial charge in [-0.05, 0) is 18.2 Å². The number of ether oxygens (including phenoxy) is 2. The summed E-state index contributed by atoms with van der Waals surface area (Å²) in [6, 6.07) is 4.63. The molecule has 1 fully saturated rings. The van der Waals surface area contributed by atoms with Crippen LogP contribution < -0.4 is 4.74 Å². The van der Waals surface area contributed by atoms with Crippen LogP contribution in [0.15, 0.2) is 18.2 Å². The van der Waals surface area contributed by atoms with Gasteiger partial charge in [-0.2, -0.15) is 0 Å². The van der Waals surface area contributed by atoms with E-state index < -0.39 is 0 Å². The quantitative estimate of drug-likeness (QED) is 0.829. The summed E-state index contributed by atoms with van der Waals surface area (Å²) in [6.07, 6.45) is 0. The summed E-state index contributed by atoms with van der Waals surface area (Å²) in [5, 5.41) is 9.70. The maximum atomic E-state index is 12.1. The Hall–Kier alpha value is -1.75. The Morgan fingerprint density at radius 3 is 2.76 bits per heavy atom. The zero-order valence-electron chi connectivity index (χ0n) is 9.68. The molecule has 0 bridgehead atoms. The predicted octanol–water partition coefficient (Wildman–Crippen LogP) is 0.873. The van der Waals surface area contributed by atoms with E-state index in [0.29, 0.717) is 32.1 Å². The molecule has 92 valence electrons. The third-order valence-electron chi connectivity index (χ3n) is 2.73. The molecule has 1 aliphatic heterocycles. The number of carbonyl (C=O) groups excluding carboxylic acids is 1. The smallest absolute Gasteiger partial charge is 0.257 e. The van der Waals surface area contributed by atoms with Crippen molar-refractivity contribution in [1.82, 2.24) is 4.90 Å². The fourth-order valence-corrected chi connectivity index (χ4v) is 1.75. The maximum absolute atomic E-state index is 12.1. The molecule has 0 unspecified atom stereocenters. The van der Waals surface area contributed by atoms with Gasteiger partial charge in [-0.15, -0.1) is 0 Å². The Balaban J connectivity index is 2.22. The van der Waals surface area contributed by atoms with Crippen molar-refractivity contribution in [2.75, 3.05) is 33.4 Å². The second-order valence-electron chi connectivity index (χ2n) is 3.79. The summed E-state index contributed by atoms with van der Waals surface area (Å²) in [6.45, 7) is 2.18. The lowest BCUT2D eigenvalue weighted by Crippen LogP contribution is -2.40. The largest absolute Gasteiger partial charge is 0.507 e. The van der Waals surface area contributed by atoms with Gasteiger partial charge in [0.2, 0.25) is 0 Å². The van der Waals surface area contributed by atoms with Crippen molar-refractivity contribution in [2.24, 2.45) is 0 Å². The van der Waals surface area contributed by atoms with E-state index in [-0.39, 0.29) is 17.2 Å². The maximum Gasteiger partial charge on any atom is 0.257 e. The number of aromatic hydroxyl groups is 1. The van der Waals surface area contributed by atoms with Crippen LogP contribution >= 0.6 is 0 Å². The van der Waals surface area contributed by atoms with Crippen LogP contribution in [0.5, 0.6) is 11.5 Å². The Kier molecular flexibility index (Phi) is 3.49. The van der Waals surface area contributed by atoms with Crippen molar-refractivity contribution in [3.8, 4) is 11.5 Å². The van der Waals surface area contributed by atoms with Crippen LogP contribution in [0.2, 0.25) is 0 Å². The van der Waals surface area contributed by atoms with E-state index in [1.807, 2.05) is 0 Å². The van der Waals surface area contributed by atoms with Gasteiger partial charge in [0.15, 0.2) is 0 Å². The summed E-state index contributed by atoms with van der Waals surface area (Å²) in [4.78, 5) is 13.8. The van der Waals surface area contributed by atoms with Crippen LogP contribution in [0.25, 0.3) is 0 Å². The van der Waals surface area contributed by atoms with E-state index in [1.54, 1.807) is 17.0 Å². The first-order valence-corrected chi connectivity index (χ1v) is 5.46. The summed E-state index contributed by atoms with van der Waals surface area (Å²) >= 11 is 0. The van der Waals surface area contributed by atoms with Crippen molar-refractivity contribution in [3.63, 3.8) is 0 Å². The third kappa shape index (κ3) is 2.50. The zero-order chi connectivity index (χ0) is 12.3. The average Bonchev–Trinajstić information content (AvgIpc) is 2.39. The van der Waals surface area contributed by atoms with Crippen LogP contribution in [0.4, 0.5) is 0 Å². The van der Waals surface area contributed by atoms with E-state index in [9.17, 15) is 9.90 Å². The number of morpholine rings is 1. The van der Waals surface area contributed by atoms with Crippen molar-refractivity contribution in [3.05, 3.63) is 23.8 Å². The second kappa shape index (κ2) is 5.05. The molecule has 1 aliphatic rings. The highest BCUT2D eigenvalue weighted by Gasteiger charge is 2.21. The third-order valence-corrected chi connectivity index (χ3v) is 2.73. The van der Waals surface area contributed by atoms with Crippen molar-refractivity contribution in [1.29, 1.82) is 0 Å². The zero-order valence-corrected chi connectivity index (χ0v) is 9.68. The fourth-order valence-electron chi connectivity index (χ4n) is 1.75. The van der Waals surface area contributed by atoms with Gasteiger partial charge in [-0.1, -0.05) is 0 Å². The van der Waals surface area contributed by atoms with Crippen LogP contribution in [-0.4, -0.2) is 49.3 Å². The molecule has 1 saturated heterocycles. The van der Waals surface area contributed by atoms with Crippen molar-refractivity contribution in [2.45, 2.75) is 0 Å². The molecular formula is C12H15NO4. The van der Waals surface area contributed by atoms with Crippen LogP contribution in [0.1, 0.15) is 10.4 Å². The van der Waals surface area contributed by atoms with E-state index >= 15 is 0 Å². The molecule has 0 atom stereocenters. The van der Waals surface area contributed by atoms with Crippen LogP contribution in [0.3, 0.4) is 0 Å². The molecular weight excluding hydrogens is 222 g/mol. The van der Waals surface area contributed by atoms with Crippen molar-refractivity contribution >= 4 is 5.91 Å². The minimum Gasteiger partial charge on any atom is -0.507 e. The molecule has 1 N–H and O–H groups in total. The number of benzene rings is 1. The lowest BCUT2D eigenvalue weighted by molar-refractivity contribution is 0.0301. The minimum atomic E-state index is -0.190. The SMILES string of the molecule is COc1ccc(O)c(C(=O)N2CCOCC2)c1. The Morgan fingerprint density at radius 2 is 2.12 bits per heavy atom. The molecule has 0 aromatic heterocycles. The lowest BCUT2D eigenvalue weighted by Gasteiger charge is -2.27. The number of hydrogen-bond donors (Lipinski definition) is 1. The Bertz CT molecular complexity index is 413. The number of phenolic OH excluding ortho intramolecular Hbond substituents is 1. The van der Waals surface area contributed by atoms with Gasteiger partial charge in [0.1, 0.15) is 11.5 Å². The van der Waals surface area contributed by atoms with Gasteiger partial charge >= 0.3 is 0 Å². The number of phenols is 1. The van der Waals surface area contributed by atoms with Crippen LogP contribution in [-0.2, 0) is 4.74 Å². The highest BCUT2D eigenvalue weighted by atomic mass is 16.5. The van der Waals surface area contributed by atoms with Crippen molar-refractivity contribution < 1.29 is 19.4 Å². The molecule has 1 heterocycles. The predicted molar refractivity (Wildman–Crippen MR) is 61.4 cm³/mol. The first-order valence-electron chi connectivity index (χ1n) is 5.46. The second-order valence-corrected chi connectivity index (χ2v) is 3.79. The van der Waals surface area contributed by atoms with Crippen LogP contribution in [0, 0.1) is 0 Å². The van der Waals surface area contributed by atoms with Gasteiger partial charge in [-0.25, -0.2) is 0 Å². The van der Waals surface area contributed by atoms with Gasteiger partial charge < -0.3 is 19.5 Å². The lowest BCUT2D eigenvalue weighted by atomic mass is 10.1. The van der Waals surface area contributed by atoms with Gasteiger partial charge in [0.05, 0.1) is 25.9 Å². The molecule has 0 spiro atoms. The molecule has 0 radical (unpaired) electrons. The number of methoxy groups -OCH3 is 1. The summed E-state index contributed by atoms with van der Waals surface area (Å²) in [5.41, 5.74) is 0.270. The minimum absolute atomic E-state index is 0.0257. The molecule has 1 aromatic carbocycles. The Labute approximate surface area is 99.6 Å². The molecule has 2 rings (SSSR count). The summed E-state index contributed by atoms with van der Waals surface area (Å²) in [7, 11) is 1.52. The normalized spacial score (nSPS) is 15.7. The molecule has 5 heteroatoms. The summed E-state index contributed by atoms with van der Waals surface area (Å²) < 4.78 is 10.2. The summed E-state index contributed by atoms with van der Waals surface area (Å²) in [5.74, 6) is 0.339.